The van der Waals surface area contributed by atoms with Crippen LogP contribution < -0.4 is 5.73 Å². The fraction of sp³-hybridized carbons (Fsp3) is 0.800. The summed E-state index contributed by atoms with van der Waals surface area (Å²) >= 11 is 0. The van der Waals surface area contributed by atoms with Gasteiger partial charge in [-0.15, -0.1) is 0 Å². The third kappa shape index (κ3) is 1.29. The molecular weight excluding hydrogens is 180 g/mol. The molecule has 3 unspecified atom stereocenters. The third-order valence-electron chi connectivity index (χ3n) is 3.59. The highest BCUT2D eigenvalue weighted by Crippen LogP contribution is 2.41. The number of fused-ring (bicyclic) bond motifs is 1. The lowest BCUT2D eigenvalue weighted by Gasteiger charge is -2.23. The number of nitrogens with two attached hydrogens (primary N) is 1. The van der Waals surface area contributed by atoms with E-state index in [4.69, 9.17) is 5.73 Å². The van der Waals surface area contributed by atoms with Gasteiger partial charge in [0.1, 0.15) is 6.04 Å². The average Bonchev–Trinajstić information content (AvgIpc) is 2.58. The van der Waals surface area contributed by atoms with E-state index in [2.05, 4.69) is 0 Å². The van der Waals surface area contributed by atoms with Crippen molar-refractivity contribution >= 4 is 11.8 Å². The molecule has 1 aliphatic heterocycles. The normalized spacial score (nSPS) is 35.8. The van der Waals surface area contributed by atoms with Gasteiger partial charge in [-0.2, -0.15) is 0 Å². The first-order chi connectivity index (χ1) is 6.61. The SMILES string of the molecule is CC(=O)N1CC2CCCC2C1C(N)=O. The molecule has 2 amide bonds. The second kappa shape index (κ2) is 3.26. The largest absolute Gasteiger partial charge is 0.368 e. The van der Waals surface area contributed by atoms with Crippen LogP contribution in [0.4, 0.5) is 0 Å². The number of amides is 2. The summed E-state index contributed by atoms with van der Waals surface area (Å²) in [6.45, 7) is 2.24. The molecule has 0 spiro atoms. The lowest BCUT2D eigenvalue weighted by molar-refractivity contribution is -0.136. The molecule has 14 heavy (non-hydrogen) atoms. The van der Waals surface area contributed by atoms with E-state index < -0.39 is 0 Å². The molecule has 0 aromatic carbocycles. The number of carbonyl (C=O) groups is 2. The van der Waals surface area contributed by atoms with Crippen molar-refractivity contribution in [1.82, 2.24) is 4.90 Å². The minimum absolute atomic E-state index is 0.0248. The molecule has 2 aliphatic rings. The Balaban J connectivity index is 2.21. The van der Waals surface area contributed by atoms with Gasteiger partial charge in [-0.05, 0) is 24.7 Å². The lowest BCUT2D eigenvalue weighted by atomic mass is 9.94. The van der Waals surface area contributed by atoms with Gasteiger partial charge < -0.3 is 10.6 Å². The van der Waals surface area contributed by atoms with Crippen LogP contribution in [-0.4, -0.2) is 29.3 Å². The number of rotatable bonds is 1. The van der Waals surface area contributed by atoms with Crippen LogP contribution in [0.25, 0.3) is 0 Å². The Morgan fingerprint density at radius 3 is 2.64 bits per heavy atom. The average molecular weight is 196 g/mol. The molecule has 4 heteroatoms. The third-order valence-corrected chi connectivity index (χ3v) is 3.59. The lowest BCUT2D eigenvalue weighted by Crippen LogP contribution is -2.45. The first-order valence-electron chi connectivity index (χ1n) is 5.18. The Labute approximate surface area is 83.4 Å². The van der Waals surface area contributed by atoms with Crippen molar-refractivity contribution in [3.63, 3.8) is 0 Å². The minimum atomic E-state index is -0.338. The fourth-order valence-electron chi connectivity index (χ4n) is 2.99. The Morgan fingerprint density at radius 1 is 1.36 bits per heavy atom. The zero-order valence-corrected chi connectivity index (χ0v) is 8.40. The molecule has 1 aliphatic carbocycles. The molecule has 4 nitrogen and oxygen atoms in total. The van der Waals surface area contributed by atoms with E-state index >= 15 is 0 Å². The highest BCUT2D eigenvalue weighted by Gasteiger charge is 2.47. The van der Waals surface area contributed by atoms with Crippen molar-refractivity contribution in [2.24, 2.45) is 17.6 Å². The van der Waals surface area contributed by atoms with Crippen LogP contribution in [-0.2, 0) is 9.59 Å². The zero-order valence-electron chi connectivity index (χ0n) is 8.40. The van der Waals surface area contributed by atoms with Crippen molar-refractivity contribution in [2.45, 2.75) is 32.2 Å². The number of carbonyl (C=O) groups excluding carboxylic acids is 2. The predicted octanol–water partition coefficient (Wildman–Crippen LogP) is 0.119. The molecule has 1 saturated carbocycles. The van der Waals surface area contributed by atoms with Gasteiger partial charge >= 0.3 is 0 Å². The summed E-state index contributed by atoms with van der Waals surface area (Å²) in [6.07, 6.45) is 3.35. The highest BCUT2D eigenvalue weighted by atomic mass is 16.2. The maximum absolute atomic E-state index is 11.3. The van der Waals surface area contributed by atoms with Crippen LogP contribution >= 0.6 is 0 Å². The van der Waals surface area contributed by atoms with Crippen molar-refractivity contribution in [3.8, 4) is 0 Å². The first kappa shape index (κ1) is 9.49. The Morgan fingerprint density at radius 2 is 2.07 bits per heavy atom. The maximum atomic E-state index is 11.3. The van der Waals surface area contributed by atoms with Gasteiger partial charge in [-0.1, -0.05) is 6.42 Å². The molecule has 0 radical (unpaired) electrons. The predicted molar refractivity (Wildman–Crippen MR) is 51.2 cm³/mol. The van der Waals surface area contributed by atoms with Gasteiger partial charge in [0.15, 0.2) is 0 Å². The van der Waals surface area contributed by atoms with E-state index in [1.54, 1.807) is 4.90 Å². The summed E-state index contributed by atoms with van der Waals surface area (Å²) in [5.74, 6) is 0.477. The second-order valence-corrected chi connectivity index (χ2v) is 4.37. The van der Waals surface area contributed by atoms with Crippen LogP contribution in [0, 0.1) is 11.8 Å². The Bertz CT molecular complexity index is 277. The van der Waals surface area contributed by atoms with Crippen molar-refractivity contribution in [1.29, 1.82) is 0 Å². The zero-order chi connectivity index (χ0) is 10.3. The molecule has 0 aromatic rings. The van der Waals surface area contributed by atoms with Gasteiger partial charge in [0.2, 0.25) is 11.8 Å². The first-order valence-corrected chi connectivity index (χ1v) is 5.18. The maximum Gasteiger partial charge on any atom is 0.240 e. The van der Waals surface area contributed by atoms with Crippen LogP contribution in [0.15, 0.2) is 0 Å². The van der Waals surface area contributed by atoms with Gasteiger partial charge in [0.25, 0.3) is 0 Å². The van der Waals surface area contributed by atoms with Gasteiger partial charge in [0.05, 0.1) is 0 Å². The van der Waals surface area contributed by atoms with Crippen molar-refractivity contribution in [2.75, 3.05) is 6.54 Å². The van der Waals surface area contributed by atoms with Gasteiger partial charge in [-0.3, -0.25) is 9.59 Å². The Hall–Kier alpha value is -1.06. The fourth-order valence-corrected chi connectivity index (χ4v) is 2.99. The van der Waals surface area contributed by atoms with Crippen LogP contribution in [0.2, 0.25) is 0 Å². The van der Waals surface area contributed by atoms with E-state index in [1.165, 1.54) is 13.3 Å². The number of hydrogen-bond donors (Lipinski definition) is 1. The van der Waals surface area contributed by atoms with E-state index in [0.29, 0.717) is 11.8 Å². The summed E-state index contributed by atoms with van der Waals surface area (Å²) in [6, 6.07) is -0.333. The molecule has 2 rings (SSSR count). The molecule has 2 fully saturated rings. The van der Waals surface area contributed by atoms with Crippen LogP contribution in [0.3, 0.4) is 0 Å². The van der Waals surface area contributed by atoms with Crippen LogP contribution in [0.1, 0.15) is 26.2 Å². The van der Waals surface area contributed by atoms with Crippen LogP contribution in [0.5, 0.6) is 0 Å². The van der Waals surface area contributed by atoms with E-state index in [0.717, 1.165) is 19.4 Å². The van der Waals surface area contributed by atoms with E-state index in [9.17, 15) is 9.59 Å². The van der Waals surface area contributed by atoms with E-state index in [-0.39, 0.29) is 17.9 Å². The molecule has 2 N–H and O–H groups in total. The molecule has 1 heterocycles. The second-order valence-electron chi connectivity index (χ2n) is 4.37. The molecule has 0 bridgehead atoms. The molecule has 3 atom stereocenters. The van der Waals surface area contributed by atoms with Crippen molar-refractivity contribution in [3.05, 3.63) is 0 Å². The standard InChI is InChI=1S/C10H16N2O2/c1-6(13)12-5-7-3-2-4-8(7)9(12)10(11)14/h7-9H,2-5H2,1H3,(H2,11,14). The summed E-state index contributed by atoms with van der Waals surface area (Å²) in [5.41, 5.74) is 5.35. The monoisotopic (exact) mass is 196 g/mol. The quantitative estimate of drug-likeness (QED) is 0.647. The number of primary amides is 1. The summed E-state index contributed by atoms with van der Waals surface area (Å²) < 4.78 is 0. The molecular formula is C10H16N2O2. The summed E-state index contributed by atoms with van der Waals surface area (Å²) in [5, 5.41) is 0. The molecule has 78 valence electrons. The van der Waals surface area contributed by atoms with Gasteiger partial charge in [0, 0.05) is 13.5 Å². The Kier molecular flexibility index (Phi) is 2.21. The molecule has 1 saturated heterocycles. The molecule has 0 aromatic heterocycles. The van der Waals surface area contributed by atoms with Gasteiger partial charge in [-0.25, -0.2) is 0 Å². The topological polar surface area (TPSA) is 63.4 Å². The number of likely N-dealkylation sites (tertiary alicyclic amines) is 1. The summed E-state index contributed by atoms with van der Waals surface area (Å²) in [4.78, 5) is 24.2. The summed E-state index contributed by atoms with van der Waals surface area (Å²) in [7, 11) is 0. The smallest absolute Gasteiger partial charge is 0.240 e. The minimum Gasteiger partial charge on any atom is -0.368 e. The highest BCUT2D eigenvalue weighted by molar-refractivity contribution is 5.86. The number of nitrogens with zero attached hydrogens (tertiary/aromatic N) is 1. The van der Waals surface area contributed by atoms with Crippen molar-refractivity contribution < 1.29 is 9.59 Å². The number of hydrogen-bond acceptors (Lipinski definition) is 2. The van der Waals surface area contributed by atoms with E-state index in [1.807, 2.05) is 0 Å².